The molecule has 1 saturated heterocycles. The maximum atomic E-state index is 13.3. The van der Waals surface area contributed by atoms with Crippen molar-refractivity contribution in [2.45, 2.75) is 35.9 Å². The van der Waals surface area contributed by atoms with E-state index >= 15 is 0 Å². The Bertz CT molecular complexity index is 1040. The topological polar surface area (TPSA) is 50.2 Å². The van der Waals surface area contributed by atoms with Crippen molar-refractivity contribution >= 4 is 61.3 Å². The standard InChI is InChI=1S/C23H25BrFIN4O/c24-14-19(31)10-12-29-11-9-18(13-22(29)26)27-23-28-20-3-1-2-4-21(20)30(23)15-16-5-7-17(25)8-6-16/h1-8,18,22H,9-15H2,(H,27,28). The van der Waals surface area contributed by atoms with E-state index in [2.05, 4.69) is 59.4 Å². The molecule has 5 nitrogen and oxygen atoms in total. The minimum atomic E-state index is -0.227. The molecule has 2 atom stereocenters. The summed E-state index contributed by atoms with van der Waals surface area (Å²) >= 11 is 5.72. The molecule has 0 aliphatic carbocycles. The van der Waals surface area contributed by atoms with Gasteiger partial charge < -0.3 is 9.88 Å². The Morgan fingerprint density at radius 1 is 1.23 bits per heavy atom. The molecule has 1 aromatic heterocycles. The largest absolute Gasteiger partial charge is 0.353 e. The summed E-state index contributed by atoms with van der Waals surface area (Å²) in [5.41, 5.74) is 3.04. The van der Waals surface area contributed by atoms with Crippen molar-refractivity contribution in [1.29, 1.82) is 0 Å². The molecule has 2 heterocycles. The molecule has 0 saturated carbocycles. The predicted octanol–water partition coefficient (Wildman–Crippen LogP) is 5.22. The van der Waals surface area contributed by atoms with Crippen molar-refractivity contribution < 1.29 is 9.18 Å². The molecule has 8 heteroatoms. The van der Waals surface area contributed by atoms with Gasteiger partial charge >= 0.3 is 0 Å². The van der Waals surface area contributed by atoms with Gasteiger partial charge in [-0.3, -0.25) is 9.69 Å². The molecule has 2 unspecified atom stereocenters. The number of ketones is 1. The highest BCUT2D eigenvalue weighted by atomic mass is 127. The molecule has 4 rings (SSSR count). The SMILES string of the molecule is O=C(CBr)CCN1CCC(Nc2nc3ccccc3n2Cc2ccc(F)cc2)CC1I. The van der Waals surface area contributed by atoms with Gasteiger partial charge in [-0.2, -0.15) is 0 Å². The zero-order valence-electron chi connectivity index (χ0n) is 17.1. The van der Waals surface area contributed by atoms with Gasteiger partial charge in [-0.25, -0.2) is 9.37 Å². The maximum absolute atomic E-state index is 13.3. The Morgan fingerprint density at radius 2 is 2.00 bits per heavy atom. The number of hydrogen-bond acceptors (Lipinski definition) is 4. The number of hydrogen-bond donors (Lipinski definition) is 1. The lowest BCUT2D eigenvalue weighted by Crippen LogP contribution is -2.44. The van der Waals surface area contributed by atoms with Gasteiger partial charge in [0.05, 0.1) is 27.0 Å². The smallest absolute Gasteiger partial charge is 0.204 e. The summed E-state index contributed by atoms with van der Waals surface area (Å²) in [5.74, 6) is 0.871. The van der Waals surface area contributed by atoms with Gasteiger partial charge in [0, 0.05) is 25.6 Å². The van der Waals surface area contributed by atoms with E-state index in [0.29, 0.717) is 28.4 Å². The van der Waals surface area contributed by atoms with Crippen LogP contribution >= 0.6 is 38.5 Å². The number of halogens is 3. The van der Waals surface area contributed by atoms with Crippen molar-refractivity contribution in [2.75, 3.05) is 23.7 Å². The predicted molar refractivity (Wildman–Crippen MR) is 135 cm³/mol. The number of benzene rings is 2. The molecule has 2 aromatic carbocycles. The third kappa shape index (κ3) is 5.64. The zero-order valence-corrected chi connectivity index (χ0v) is 20.9. The normalized spacial score (nSPS) is 19.6. The van der Waals surface area contributed by atoms with Crippen molar-refractivity contribution in [3.8, 4) is 0 Å². The fourth-order valence-electron chi connectivity index (χ4n) is 3.98. The molecule has 3 aromatic rings. The number of rotatable bonds is 8. The molecule has 1 aliphatic heterocycles. The highest BCUT2D eigenvalue weighted by Crippen LogP contribution is 2.27. The lowest BCUT2D eigenvalue weighted by atomic mass is 10.0. The minimum absolute atomic E-state index is 0.227. The van der Waals surface area contributed by atoms with E-state index < -0.39 is 0 Å². The van der Waals surface area contributed by atoms with Crippen molar-refractivity contribution in [3.05, 3.63) is 59.9 Å². The number of alkyl halides is 2. The second-order valence-electron chi connectivity index (χ2n) is 7.90. The number of nitrogens with one attached hydrogen (secondary N) is 1. The summed E-state index contributed by atoms with van der Waals surface area (Å²) in [7, 11) is 0. The van der Waals surface area contributed by atoms with Gasteiger partial charge in [-0.15, -0.1) is 0 Å². The average Bonchev–Trinajstić information content (AvgIpc) is 3.11. The molecular weight excluding hydrogens is 574 g/mol. The summed E-state index contributed by atoms with van der Waals surface area (Å²) in [4.78, 5) is 18.9. The Kier molecular flexibility index (Phi) is 7.60. The fourth-order valence-corrected chi connectivity index (χ4v) is 5.43. The number of para-hydroxylation sites is 2. The van der Waals surface area contributed by atoms with Gasteiger partial charge in [0.2, 0.25) is 5.95 Å². The van der Waals surface area contributed by atoms with Crippen LogP contribution < -0.4 is 5.32 Å². The number of anilines is 1. The molecule has 0 bridgehead atoms. The van der Waals surface area contributed by atoms with E-state index in [9.17, 15) is 9.18 Å². The van der Waals surface area contributed by atoms with Crippen molar-refractivity contribution in [3.63, 3.8) is 0 Å². The Labute approximate surface area is 203 Å². The lowest BCUT2D eigenvalue weighted by molar-refractivity contribution is -0.116. The first kappa shape index (κ1) is 22.7. The molecule has 31 heavy (non-hydrogen) atoms. The second kappa shape index (κ2) is 10.4. The van der Waals surface area contributed by atoms with Crippen LogP contribution in [0.15, 0.2) is 48.5 Å². The van der Waals surface area contributed by atoms with E-state index in [-0.39, 0.29) is 11.6 Å². The van der Waals surface area contributed by atoms with Crippen LogP contribution in [-0.2, 0) is 11.3 Å². The molecular formula is C23H25BrFIN4O. The molecule has 164 valence electrons. The number of Topliss-reactive ketones (excluding diaryl/α,β-unsaturated/α-hetero) is 1. The Balaban J connectivity index is 1.48. The maximum Gasteiger partial charge on any atom is 0.204 e. The summed E-state index contributed by atoms with van der Waals surface area (Å²) in [6.45, 7) is 2.40. The van der Waals surface area contributed by atoms with Gasteiger partial charge in [0.1, 0.15) is 11.6 Å². The molecule has 1 N–H and O–H groups in total. The highest BCUT2D eigenvalue weighted by Gasteiger charge is 2.27. The second-order valence-corrected chi connectivity index (χ2v) is 9.89. The van der Waals surface area contributed by atoms with Gasteiger partial charge in [-0.1, -0.05) is 62.8 Å². The quantitative estimate of drug-likeness (QED) is 0.220. The molecule has 1 aliphatic rings. The minimum Gasteiger partial charge on any atom is -0.353 e. The number of carbonyl (C=O) groups is 1. The number of aromatic nitrogens is 2. The monoisotopic (exact) mass is 598 g/mol. The van der Waals surface area contributed by atoms with E-state index in [1.807, 2.05) is 30.3 Å². The first-order valence-electron chi connectivity index (χ1n) is 10.5. The third-order valence-corrected chi connectivity index (χ3v) is 7.63. The molecule has 0 spiro atoms. The van der Waals surface area contributed by atoms with E-state index in [1.165, 1.54) is 12.1 Å². The van der Waals surface area contributed by atoms with Crippen LogP contribution in [0.2, 0.25) is 0 Å². The van der Waals surface area contributed by atoms with Crippen LogP contribution in [0.3, 0.4) is 0 Å². The van der Waals surface area contributed by atoms with Gasteiger partial charge in [0.15, 0.2) is 0 Å². The Hall–Kier alpha value is -1.52. The fraction of sp³-hybridized carbons (Fsp3) is 0.391. The molecule has 1 fully saturated rings. The lowest BCUT2D eigenvalue weighted by Gasteiger charge is -2.36. The number of likely N-dealkylation sites (tertiary alicyclic amines) is 1. The molecule has 0 radical (unpaired) electrons. The Morgan fingerprint density at radius 3 is 2.74 bits per heavy atom. The van der Waals surface area contributed by atoms with E-state index in [4.69, 9.17) is 4.98 Å². The van der Waals surface area contributed by atoms with Crippen LogP contribution in [0.25, 0.3) is 11.0 Å². The van der Waals surface area contributed by atoms with Crippen LogP contribution in [0, 0.1) is 5.82 Å². The van der Waals surface area contributed by atoms with Gasteiger partial charge in [-0.05, 0) is 42.7 Å². The van der Waals surface area contributed by atoms with Gasteiger partial charge in [0.25, 0.3) is 0 Å². The number of piperidine rings is 1. The van der Waals surface area contributed by atoms with E-state index in [1.54, 1.807) is 0 Å². The van der Waals surface area contributed by atoms with Crippen LogP contribution in [0.4, 0.5) is 10.3 Å². The summed E-state index contributed by atoms with van der Waals surface area (Å²) in [5, 5.41) is 4.10. The average molecular weight is 599 g/mol. The van der Waals surface area contributed by atoms with Crippen molar-refractivity contribution in [1.82, 2.24) is 14.5 Å². The first-order chi connectivity index (χ1) is 15.0. The molecule has 0 amide bonds. The van der Waals surface area contributed by atoms with Crippen LogP contribution in [-0.4, -0.2) is 48.7 Å². The van der Waals surface area contributed by atoms with Crippen molar-refractivity contribution in [2.24, 2.45) is 0 Å². The highest BCUT2D eigenvalue weighted by molar-refractivity contribution is 14.1. The first-order valence-corrected chi connectivity index (χ1v) is 12.8. The summed E-state index contributed by atoms with van der Waals surface area (Å²) < 4.78 is 15.9. The number of imidazole rings is 1. The number of nitrogens with zero attached hydrogens (tertiary/aromatic N) is 3. The third-order valence-electron chi connectivity index (χ3n) is 5.71. The number of carbonyl (C=O) groups excluding carboxylic acids is 1. The number of fused-ring (bicyclic) bond motifs is 1. The zero-order chi connectivity index (χ0) is 21.8. The summed E-state index contributed by atoms with van der Waals surface area (Å²) in [6, 6.07) is 15.1. The van der Waals surface area contributed by atoms with Crippen LogP contribution in [0.1, 0.15) is 24.8 Å². The summed E-state index contributed by atoms with van der Waals surface area (Å²) in [6.07, 6.45) is 2.58. The van der Waals surface area contributed by atoms with E-state index in [0.717, 1.165) is 48.5 Å². The van der Waals surface area contributed by atoms with Crippen LogP contribution in [0.5, 0.6) is 0 Å².